The van der Waals surface area contributed by atoms with Crippen molar-refractivity contribution >= 4 is 33.5 Å². The molecule has 96 valence electrons. The van der Waals surface area contributed by atoms with Crippen molar-refractivity contribution < 1.29 is 17.2 Å². The largest absolute Gasteiger partial charge is 0.446 e. The maximum Gasteiger partial charge on any atom is 0.446 e. The van der Waals surface area contributed by atoms with Gasteiger partial charge in [0.05, 0.1) is 4.88 Å². The smallest absolute Gasteiger partial charge is 0.362 e. The van der Waals surface area contributed by atoms with Gasteiger partial charge in [0.1, 0.15) is 10.1 Å². The molecule has 1 N–H and O–H groups in total. The summed E-state index contributed by atoms with van der Waals surface area (Å²) < 4.78 is 34.9. The molecule has 8 heteroatoms. The summed E-state index contributed by atoms with van der Waals surface area (Å²) in [6.07, 6.45) is 3.71. The number of hydrogen-bond donors (Lipinski definition) is 1. The minimum absolute atomic E-state index is 0.0656. The number of thiazole rings is 1. The van der Waals surface area contributed by atoms with Crippen LogP contribution in [0.25, 0.3) is 10.4 Å². The van der Waals surface area contributed by atoms with Crippen LogP contribution >= 0.6 is 23.1 Å². The lowest BCUT2D eigenvalue weighted by molar-refractivity contribution is 0.387. The molecule has 5 nitrogen and oxygen atoms in total. The first-order valence-electron chi connectivity index (χ1n) is 4.75. The van der Waals surface area contributed by atoms with Crippen molar-refractivity contribution in [3.05, 3.63) is 30.5 Å². The summed E-state index contributed by atoms with van der Waals surface area (Å²) in [4.78, 5) is 5.19. The molecule has 0 atom stereocenters. The zero-order chi connectivity index (χ0) is 13.2. The third-order valence-electron chi connectivity index (χ3n) is 2.00. The number of benzene rings is 1. The maximum atomic E-state index is 10.5. The van der Waals surface area contributed by atoms with Gasteiger partial charge in [0.2, 0.25) is 0 Å². The SMILES string of the molecule is CSc1ncc(-c2ccc(OS(=O)(=O)O)cc2)s1. The van der Waals surface area contributed by atoms with Crippen molar-refractivity contribution in [3.8, 4) is 16.2 Å². The molecule has 0 radical (unpaired) electrons. The summed E-state index contributed by atoms with van der Waals surface area (Å²) in [6, 6.07) is 6.36. The van der Waals surface area contributed by atoms with Crippen LogP contribution in [0.1, 0.15) is 0 Å². The van der Waals surface area contributed by atoms with Gasteiger partial charge < -0.3 is 4.18 Å². The van der Waals surface area contributed by atoms with E-state index >= 15 is 0 Å². The van der Waals surface area contributed by atoms with E-state index in [4.69, 9.17) is 4.55 Å². The second-order valence-electron chi connectivity index (χ2n) is 3.23. The van der Waals surface area contributed by atoms with E-state index in [-0.39, 0.29) is 5.75 Å². The minimum atomic E-state index is -4.47. The predicted octanol–water partition coefficient (Wildman–Crippen LogP) is 2.71. The van der Waals surface area contributed by atoms with Crippen molar-refractivity contribution in [1.29, 1.82) is 0 Å². The van der Waals surface area contributed by atoms with Crippen LogP contribution in [-0.2, 0) is 10.4 Å². The molecule has 0 aliphatic rings. The van der Waals surface area contributed by atoms with E-state index in [2.05, 4.69) is 9.17 Å². The van der Waals surface area contributed by atoms with Crippen LogP contribution in [0.5, 0.6) is 5.75 Å². The molecule has 18 heavy (non-hydrogen) atoms. The number of thioether (sulfide) groups is 1. The van der Waals surface area contributed by atoms with Crippen molar-refractivity contribution in [3.63, 3.8) is 0 Å². The highest BCUT2D eigenvalue weighted by molar-refractivity contribution is 8.00. The van der Waals surface area contributed by atoms with E-state index in [1.165, 1.54) is 12.1 Å². The summed E-state index contributed by atoms with van der Waals surface area (Å²) in [5.74, 6) is 0.0656. The Morgan fingerprint density at radius 2 is 2.00 bits per heavy atom. The lowest BCUT2D eigenvalue weighted by Gasteiger charge is -2.01. The highest BCUT2D eigenvalue weighted by Gasteiger charge is 2.08. The van der Waals surface area contributed by atoms with Gasteiger partial charge in [-0.3, -0.25) is 4.55 Å². The third kappa shape index (κ3) is 3.45. The molecule has 1 aromatic heterocycles. The zero-order valence-corrected chi connectivity index (χ0v) is 11.7. The normalized spacial score (nSPS) is 11.4. The molecule has 0 bridgehead atoms. The minimum Gasteiger partial charge on any atom is -0.362 e. The summed E-state index contributed by atoms with van der Waals surface area (Å²) >= 11 is 3.11. The molecule has 0 saturated heterocycles. The summed E-state index contributed by atoms with van der Waals surface area (Å²) in [6.45, 7) is 0. The molecule has 0 aliphatic carbocycles. The molecule has 0 unspecified atom stereocenters. The first-order chi connectivity index (χ1) is 8.48. The van der Waals surface area contributed by atoms with Gasteiger partial charge in [0.15, 0.2) is 0 Å². The van der Waals surface area contributed by atoms with Gasteiger partial charge >= 0.3 is 10.4 Å². The number of aromatic nitrogens is 1. The number of nitrogens with zero attached hydrogens (tertiary/aromatic N) is 1. The Bertz CT molecular complexity index is 633. The van der Waals surface area contributed by atoms with Crippen LogP contribution in [0.4, 0.5) is 0 Å². The number of rotatable bonds is 4. The van der Waals surface area contributed by atoms with E-state index < -0.39 is 10.4 Å². The van der Waals surface area contributed by atoms with E-state index in [0.717, 1.165) is 14.8 Å². The van der Waals surface area contributed by atoms with Crippen LogP contribution < -0.4 is 4.18 Å². The van der Waals surface area contributed by atoms with E-state index in [9.17, 15) is 8.42 Å². The Morgan fingerprint density at radius 1 is 1.33 bits per heavy atom. The van der Waals surface area contributed by atoms with Gasteiger partial charge in [-0.25, -0.2) is 4.98 Å². The molecule has 0 fully saturated rings. The van der Waals surface area contributed by atoms with E-state index in [1.54, 1.807) is 41.4 Å². The lowest BCUT2D eigenvalue weighted by Crippen LogP contribution is -2.06. The van der Waals surface area contributed by atoms with Crippen LogP contribution in [0, 0.1) is 0 Å². The van der Waals surface area contributed by atoms with Gasteiger partial charge in [0.25, 0.3) is 0 Å². The van der Waals surface area contributed by atoms with Crippen molar-refractivity contribution in [2.45, 2.75) is 4.34 Å². The molecule has 0 aliphatic heterocycles. The molecule has 2 rings (SSSR count). The Labute approximate surface area is 113 Å². The Kier molecular flexibility index (Phi) is 3.91. The average molecular weight is 303 g/mol. The Morgan fingerprint density at radius 3 is 2.50 bits per heavy atom. The molecular formula is C10H9NO4S3. The van der Waals surface area contributed by atoms with E-state index in [1.807, 2.05) is 6.26 Å². The van der Waals surface area contributed by atoms with Crippen LogP contribution in [0.2, 0.25) is 0 Å². The number of hydrogen-bond acceptors (Lipinski definition) is 6. The molecule has 1 heterocycles. The highest BCUT2D eigenvalue weighted by atomic mass is 32.3. The molecule has 2 aromatic rings. The topological polar surface area (TPSA) is 76.5 Å². The average Bonchev–Trinajstić information content (AvgIpc) is 2.76. The first kappa shape index (κ1) is 13.3. The van der Waals surface area contributed by atoms with Crippen LogP contribution in [0.3, 0.4) is 0 Å². The summed E-state index contributed by atoms with van der Waals surface area (Å²) in [5, 5.41) is 0. The quantitative estimate of drug-likeness (QED) is 0.691. The van der Waals surface area contributed by atoms with Crippen molar-refractivity contribution in [2.24, 2.45) is 0 Å². The molecule has 0 saturated carbocycles. The van der Waals surface area contributed by atoms with E-state index in [0.29, 0.717) is 0 Å². The standard InChI is InChI=1S/C10H9NO4S3/c1-16-10-11-6-9(17-10)7-2-4-8(5-3-7)15-18(12,13)14/h2-6H,1H3,(H,12,13,14). The fraction of sp³-hybridized carbons (Fsp3) is 0.100. The van der Waals surface area contributed by atoms with Crippen LogP contribution in [0.15, 0.2) is 34.8 Å². The Hall–Kier alpha value is -1.09. The molecule has 1 aromatic carbocycles. The monoisotopic (exact) mass is 303 g/mol. The fourth-order valence-electron chi connectivity index (χ4n) is 1.28. The van der Waals surface area contributed by atoms with Gasteiger partial charge in [-0.2, -0.15) is 8.42 Å². The third-order valence-corrected chi connectivity index (χ3v) is 4.45. The molecular weight excluding hydrogens is 294 g/mol. The highest BCUT2D eigenvalue weighted by Crippen LogP contribution is 2.31. The zero-order valence-electron chi connectivity index (χ0n) is 9.23. The summed E-state index contributed by atoms with van der Waals surface area (Å²) in [5.41, 5.74) is 0.912. The second kappa shape index (κ2) is 5.27. The lowest BCUT2D eigenvalue weighted by atomic mass is 10.2. The second-order valence-corrected chi connectivity index (χ2v) is 6.34. The van der Waals surface area contributed by atoms with Gasteiger partial charge in [0, 0.05) is 6.20 Å². The first-order valence-corrected chi connectivity index (χ1v) is 8.16. The molecule has 0 amide bonds. The summed E-state index contributed by atoms with van der Waals surface area (Å²) in [7, 11) is -4.47. The van der Waals surface area contributed by atoms with Gasteiger partial charge in [-0.05, 0) is 36.1 Å². The predicted molar refractivity (Wildman–Crippen MR) is 71.5 cm³/mol. The van der Waals surface area contributed by atoms with Crippen molar-refractivity contribution in [2.75, 3.05) is 6.26 Å². The Balaban J connectivity index is 2.22. The molecule has 0 spiro atoms. The van der Waals surface area contributed by atoms with Gasteiger partial charge in [-0.15, -0.1) is 11.3 Å². The fourth-order valence-corrected chi connectivity index (χ4v) is 3.05. The maximum absolute atomic E-state index is 10.5. The van der Waals surface area contributed by atoms with Crippen molar-refractivity contribution in [1.82, 2.24) is 4.98 Å². The van der Waals surface area contributed by atoms with Crippen LogP contribution in [-0.4, -0.2) is 24.2 Å². The van der Waals surface area contributed by atoms with Gasteiger partial charge in [-0.1, -0.05) is 11.8 Å².